The highest BCUT2D eigenvalue weighted by Gasteiger charge is 2.27. The number of nitrogens with zero attached hydrogens (tertiary/aromatic N) is 1. The van der Waals surface area contributed by atoms with Crippen molar-refractivity contribution in [3.05, 3.63) is 0 Å². The number of hydrogen-bond acceptors (Lipinski definition) is 2. The van der Waals surface area contributed by atoms with Gasteiger partial charge in [0, 0.05) is 17.6 Å². The molecule has 1 rings (SSSR count). The van der Waals surface area contributed by atoms with E-state index in [0.29, 0.717) is 12.1 Å². The molecule has 100 valence electrons. The summed E-state index contributed by atoms with van der Waals surface area (Å²) in [6.45, 7) is 6.39. The summed E-state index contributed by atoms with van der Waals surface area (Å²) < 4.78 is 0. The van der Waals surface area contributed by atoms with Crippen molar-refractivity contribution in [3.8, 4) is 0 Å². The maximum Gasteiger partial charge on any atom is 0.166 e. The third-order valence-corrected chi connectivity index (χ3v) is 3.42. The van der Waals surface area contributed by atoms with Crippen molar-refractivity contribution in [2.45, 2.75) is 64.1 Å². The van der Waals surface area contributed by atoms with Crippen molar-refractivity contribution < 1.29 is 0 Å². The first-order valence-corrected chi connectivity index (χ1v) is 6.95. The van der Waals surface area contributed by atoms with Gasteiger partial charge in [0.1, 0.15) is 0 Å². The minimum atomic E-state index is 0.0341. The molecule has 17 heavy (non-hydrogen) atoms. The molecular weight excluding hydrogens is 230 g/mol. The van der Waals surface area contributed by atoms with Crippen LogP contribution in [0.2, 0.25) is 0 Å². The molecule has 0 heterocycles. The van der Waals surface area contributed by atoms with Crippen molar-refractivity contribution in [2.24, 2.45) is 0 Å². The Morgan fingerprint density at radius 1 is 1.18 bits per heavy atom. The molecule has 2 N–H and O–H groups in total. The summed E-state index contributed by atoms with van der Waals surface area (Å²) in [5.74, 6) is 0. The summed E-state index contributed by atoms with van der Waals surface area (Å²) in [4.78, 5) is 2.32. The van der Waals surface area contributed by atoms with E-state index in [2.05, 4.69) is 50.4 Å². The molecule has 2 atom stereocenters. The van der Waals surface area contributed by atoms with E-state index in [0.717, 1.165) is 5.11 Å². The lowest BCUT2D eigenvalue weighted by Gasteiger charge is -2.38. The number of nitrogens with one attached hydrogen (secondary N) is 2. The van der Waals surface area contributed by atoms with Crippen molar-refractivity contribution in [3.63, 3.8) is 0 Å². The fourth-order valence-corrected chi connectivity index (χ4v) is 2.90. The van der Waals surface area contributed by atoms with Crippen LogP contribution in [-0.4, -0.2) is 41.7 Å². The Hall–Kier alpha value is -0.350. The number of likely N-dealkylation sites (N-methyl/N-ethyl adjacent to an activating group) is 1. The van der Waals surface area contributed by atoms with Crippen LogP contribution in [0.15, 0.2) is 0 Å². The van der Waals surface area contributed by atoms with Crippen molar-refractivity contribution >= 4 is 17.3 Å². The molecule has 0 aliphatic heterocycles. The Morgan fingerprint density at radius 2 is 1.76 bits per heavy atom. The predicted molar refractivity (Wildman–Crippen MR) is 78.4 cm³/mol. The lowest BCUT2D eigenvalue weighted by Crippen LogP contribution is -2.56. The summed E-state index contributed by atoms with van der Waals surface area (Å²) >= 11 is 5.38. The molecule has 1 aliphatic rings. The van der Waals surface area contributed by atoms with Crippen LogP contribution in [-0.2, 0) is 0 Å². The molecule has 1 aliphatic carbocycles. The lowest BCUT2D eigenvalue weighted by molar-refractivity contribution is 0.189. The van der Waals surface area contributed by atoms with Crippen molar-refractivity contribution in [1.82, 2.24) is 15.5 Å². The standard InChI is InChI=1S/C13H27N3S/c1-13(2,3)15-12(17)14-10-8-6-7-9-11(10)16(4)5/h10-11H,6-9H2,1-5H3,(H2,14,15,17)/t10-,11-/m0/s1. The highest BCUT2D eigenvalue weighted by molar-refractivity contribution is 7.80. The summed E-state index contributed by atoms with van der Waals surface area (Å²) in [6, 6.07) is 1.09. The Labute approximate surface area is 111 Å². The van der Waals surface area contributed by atoms with Crippen LogP contribution in [0, 0.1) is 0 Å². The number of hydrogen-bond donors (Lipinski definition) is 2. The van der Waals surface area contributed by atoms with Crippen LogP contribution in [0.1, 0.15) is 46.5 Å². The molecule has 0 unspecified atom stereocenters. The molecule has 0 radical (unpaired) electrons. The van der Waals surface area contributed by atoms with Gasteiger partial charge in [0.2, 0.25) is 0 Å². The van der Waals surface area contributed by atoms with Crippen molar-refractivity contribution in [1.29, 1.82) is 0 Å². The number of rotatable bonds is 2. The van der Waals surface area contributed by atoms with Crippen LogP contribution < -0.4 is 10.6 Å². The van der Waals surface area contributed by atoms with Gasteiger partial charge in [-0.15, -0.1) is 0 Å². The smallest absolute Gasteiger partial charge is 0.166 e. The monoisotopic (exact) mass is 257 g/mol. The van der Waals surface area contributed by atoms with Gasteiger partial charge in [-0.05, 0) is 59.9 Å². The van der Waals surface area contributed by atoms with Gasteiger partial charge in [0.15, 0.2) is 5.11 Å². The molecule has 1 saturated carbocycles. The second-order valence-corrected chi connectivity index (χ2v) is 6.68. The minimum Gasteiger partial charge on any atom is -0.358 e. The molecule has 1 fully saturated rings. The van der Waals surface area contributed by atoms with Gasteiger partial charge in [-0.3, -0.25) is 0 Å². The predicted octanol–water partition coefficient (Wildman–Crippen LogP) is 2.12. The van der Waals surface area contributed by atoms with E-state index < -0.39 is 0 Å². The first-order chi connectivity index (χ1) is 7.79. The van der Waals surface area contributed by atoms with Gasteiger partial charge in [0.05, 0.1) is 0 Å². The minimum absolute atomic E-state index is 0.0341. The van der Waals surface area contributed by atoms with Crippen LogP contribution in [0.5, 0.6) is 0 Å². The van der Waals surface area contributed by atoms with Crippen LogP contribution in [0.3, 0.4) is 0 Å². The summed E-state index contributed by atoms with van der Waals surface area (Å²) in [5, 5.41) is 7.60. The quantitative estimate of drug-likeness (QED) is 0.741. The molecule has 0 aromatic rings. The van der Waals surface area contributed by atoms with E-state index in [1.165, 1.54) is 25.7 Å². The maximum absolute atomic E-state index is 5.38. The summed E-state index contributed by atoms with van der Waals surface area (Å²) in [7, 11) is 4.32. The van der Waals surface area contributed by atoms with Crippen LogP contribution in [0.25, 0.3) is 0 Å². The largest absolute Gasteiger partial charge is 0.358 e. The maximum atomic E-state index is 5.38. The molecule has 4 heteroatoms. The zero-order valence-corrected chi connectivity index (χ0v) is 12.7. The average molecular weight is 257 g/mol. The van der Waals surface area contributed by atoms with Gasteiger partial charge in [0.25, 0.3) is 0 Å². The molecule has 0 spiro atoms. The summed E-state index contributed by atoms with van der Waals surface area (Å²) in [5.41, 5.74) is 0.0341. The van der Waals surface area contributed by atoms with E-state index in [-0.39, 0.29) is 5.54 Å². The first kappa shape index (κ1) is 14.7. The lowest BCUT2D eigenvalue weighted by atomic mass is 9.89. The fraction of sp³-hybridized carbons (Fsp3) is 0.923. The zero-order valence-electron chi connectivity index (χ0n) is 11.8. The normalized spacial score (nSPS) is 25.8. The SMILES string of the molecule is CN(C)[C@H]1CCCC[C@@H]1NC(=S)NC(C)(C)C. The molecule has 0 amide bonds. The van der Waals surface area contributed by atoms with Gasteiger partial charge in [-0.2, -0.15) is 0 Å². The molecule has 0 bridgehead atoms. The highest BCUT2D eigenvalue weighted by atomic mass is 32.1. The van der Waals surface area contributed by atoms with Crippen LogP contribution in [0.4, 0.5) is 0 Å². The van der Waals surface area contributed by atoms with Gasteiger partial charge < -0.3 is 15.5 Å². The molecule has 3 nitrogen and oxygen atoms in total. The molecular formula is C13H27N3S. The van der Waals surface area contributed by atoms with E-state index >= 15 is 0 Å². The number of thiocarbonyl (C=S) groups is 1. The van der Waals surface area contributed by atoms with Crippen molar-refractivity contribution in [2.75, 3.05) is 14.1 Å². The van der Waals surface area contributed by atoms with Crippen LogP contribution >= 0.6 is 12.2 Å². The molecule has 0 aromatic heterocycles. The molecule has 0 aromatic carbocycles. The van der Waals surface area contributed by atoms with Gasteiger partial charge in [-0.1, -0.05) is 12.8 Å². The average Bonchev–Trinajstić information content (AvgIpc) is 2.14. The van der Waals surface area contributed by atoms with E-state index in [1.54, 1.807) is 0 Å². The third-order valence-electron chi connectivity index (χ3n) is 3.20. The Balaban J connectivity index is 2.50. The first-order valence-electron chi connectivity index (χ1n) is 6.55. The second kappa shape index (κ2) is 6.01. The topological polar surface area (TPSA) is 27.3 Å². The highest BCUT2D eigenvalue weighted by Crippen LogP contribution is 2.21. The van der Waals surface area contributed by atoms with Gasteiger partial charge in [-0.25, -0.2) is 0 Å². The van der Waals surface area contributed by atoms with Gasteiger partial charge >= 0.3 is 0 Å². The van der Waals surface area contributed by atoms with E-state index in [1.807, 2.05) is 0 Å². The fourth-order valence-electron chi connectivity index (χ4n) is 2.44. The Bertz CT molecular complexity index is 258. The Kier molecular flexibility index (Phi) is 5.20. The second-order valence-electron chi connectivity index (χ2n) is 6.27. The van der Waals surface area contributed by atoms with E-state index in [4.69, 9.17) is 12.2 Å². The third kappa shape index (κ3) is 5.21. The van der Waals surface area contributed by atoms with E-state index in [9.17, 15) is 0 Å². The summed E-state index contributed by atoms with van der Waals surface area (Å²) in [6.07, 6.45) is 5.12. The molecule has 0 saturated heterocycles. The zero-order chi connectivity index (χ0) is 13.1. The Morgan fingerprint density at radius 3 is 2.29 bits per heavy atom.